The highest BCUT2D eigenvalue weighted by molar-refractivity contribution is 6.31. The minimum Gasteiger partial charge on any atom is -0.468 e. The van der Waals surface area contributed by atoms with Crippen LogP contribution in [0, 0.1) is 0 Å². The van der Waals surface area contributed by atoms with Crippen molar-refractivity contribution in [3.05, 3.63) is 34.9 Å². The molecule has 3 nitrogen and oxygen atoms in total. The Morgan fingerprint density at radius 3 is 2.67 bits per heavy atom. The number of carbonyl (C=O) groups is 1. The average molecular weight is 250 g/mol. The molecule has 0 fully saturated rings. The fraction of sp³-hybridized carbons (Fsp3) is 0.300. The van der Waals surface area contributed by atoms with Gasteiger partial charge in [-0.3, -0.25) is 4.79 Å². The summed E-state index contributed by atoms with van der Waals surface area (Å²) in [6.45, 7) is 0. The molecule has 0 spiro atoms. The average Bonchev–Trinajstić information content (AvgIpc) is 2.20. The maximum atomic E-state index is 11.0. The van der Waals surface area contributed by atoms with E-state index < -0.39 is 12.0 Å². The molecule has 1 rings (SSSR count). The SMILES string of the molecule is COC(=O)C(N)Cc1ccccc1Cl.Cl. The molecule has 2 N–H and O–H groups in total. The first-order chi connectivity index (χ1) is 6.65. The van der Waals surface area contributed by atoms with Gasteiger partial charge in [0.05, 0.1) is 7.11 Å². The zero-order chi connectivity index (χ0) is 10.6. The lowest BCUT2D eigenvalue weighted by atomic mass is 10.1. The number of hydrogen-bond acceptors (Lipinski definition) is 3. The van der Waals surface area contributed by atoms with Crippen molar-refractivity contribution < 1.29 is 9.53 Å². The molecule has 1 aromatic carbocycles. The molecule has 0 saturated carbocycles. The number of methoxy groups -OCH3 is 1. The maximum absolute atomic E-state index is 11.0. The van der Waals surface area contributed by atoms with Crippen LogP contribution in [0.15, 0.2) is 24.3 Å². The van der Waals surface area contributed by atoms with E-state index in [-0.39, 0.29) is 12.4 Å². The van der Waals surface area contributed by atoms with E-state index in [4.69, 9.17) is 17.3 Å². The number of benzene rings is 1. The number of carbonyl (C=O) groups excluding carboxylic acids is 1. The first-order valence-electron chi connectivity index (χ1n) is 4.22. The molecule has 0 aliphatic carbocycles. The van der Waals surface area contributed by atoms with Crippen LogP contribution in [0.4, 0.5) is 0 Å². The Morgan fingerprint density at radius 1 is 1.53 bits per heavy atom. The van der Waals surface area contributed by atoms with E-state index in [0.717, 1.165) is 5.56 Å². The number of ether oxygens (including phenoxy) is 1. The van der Waals surface area contributed by atoms with Gasteiger partial charge in [0.1, 0.15) is 6.04 Å². The van der Waals surface area contributed by atoms with Crippen LogP contribution in [-0.2, 0) is 16.0 Å². The van der Waals surface area contributed by atoms with Gasteiger partial charge in [0, 0.05) is 5.02 Å². The van der Waals surface area contributed by atoms with Crippen LogP contribution in [0.25, 0.3) is 0 Å². The second kappa shape index (κ2) is 6.67. The van der Waals surface area contributed by atoms with E-state index in [0.29, 0.717) is 11.4 Å². The molecule has 0 amide bonds. The number of halogens is 2. The van der Waals surface area contributed by atoms with Crippen molar-refractivity contribution >= 4 is 30.0 Å². The summed E-state index contributed by atoms with van der Waals surface area (Å²) in [7, 11) is 1.31. The van der Waals surface area contributed by atoms with Crippen LogP contribution >= 0.6 is 24.0 Å². The fourth-order valence-corrected chi connectivity index (χ4v) is 1.35. The number of hydrogen-bond donors (Lipinski definition) is 1. The summed E-state index contributed by atoms with van der Waals surface area (Å²) in [6, 6.07) is 6.63. The Balaban J connectivity index is 0.00000196. The van der Waals surface area contributed by atoms with Crippen LogP contribution in [-0.4, -0.2) is 19.1 Å². The summed E-state index contributed by atoms with van der Waals surface area (Å²) in [6.07, 6.45) is 0.395. The molecule has 0 aliphatic heterocycles. The van der Waals surface area contributed by atoms with Crippen LogP contribution in [0.5, 0.6) is 0 Å². The molecular formula is C10H13Cl2NO2. The number of nitrogens with two attached hydrogens (primary N) is 1. The fourth-order valence-electron chi connectivity index (χ4n) is 1.14. The summed E-state index contributed by atoms with van der Waals surface area (Å²) >= 11 is 5.91. The number of rotatable bonds is 3. The Kier molecular flexibility index (Phi) is 6.32. The normalized spacial score (nSPS) is 11.4. The third-order valence-corrected chi connectivity index (χ3v) is 2.27. The van der Waals surface area contributed by atoms with Crippen molar-refractivity contribution in [3.63, 3.8) is 0 Å². The molecule has 5 heteroatoms. The third-order valence-electron chi connectivity index (χ3n) is 1.90. The second-order valence-corrected chi connectivity index (χ2v) is 3.33. The van der Waals surface area contributed by atoms with E-state index in [9.17, 15) is 4.79 Å². The van der Waals surface area contributed by atoms with Crippen molar-refractivity contribution in [2.45, 2.75) is 12.5 Å². The monoisotopic (exact) mass is 249 g/mol. The smallest absolute Gasteiger partial charge is 0.322 e. The summed E-state index contributed by atoms with van der Waals surface area (Å²) in [5.41, 5.74) is 6.45. The summed E-state index contributed by atoms with van der Waals surface area (Å²) in [4.78, 5) is 11.0. The third kappa shape index (κ3) is 4.08. The second-order valence-electron chi connectivity index (χ2n) is 2.93. The maximum Gasteiger partial charge on any atom is 0.322 e. The lowest BCUT2D eigenvalue weighted by Crippen LogP contribution is -2.33. The largest absolute Gasteiger partial charge is 0.468 e. The summed E-state index contributed by atoms with van der Waals surface area (Å²) < 4.78 is 4.52. The summed E-state index contributed by atoms with van der Waals surface area (Å²) in [5, 5.41) is 0.617. The zero-order valence-corrected chi connectivity index (χ0v) is 9.85. The molecule has 0 saturated heterocycles. The van der Waals surface area contributed by atoms with E-state index in [1.807, 2.05) is 18.2 Å². The van der Waals surface area contributed by atoms with Gasteiger partial charge in [-0.25, -0.2) is 0 Å². The van der Waals surface area contributed by atoms with Crippen molar-refractivity contribution in [2.75, 3.05) is 7.11 Å². The molecule has 0 aromatic heterocycles. The molecule has 0 bridgehead atoms. The lowest BCUT2D eigenvalue weighted by molar-refractivity contribution is -0.142. The molecule has 0 aliphatic rings. The quantitative estimate of drug-likeness (QED) is 0.832. The van der Waals surface area contributed by atoms with Crippen molar-refractivity contribution in [1.82, 2.24) is 0 Å². The van der Waals surface area contributed by atoms with Gasteiger partial charge in [-0.2, -0.15) is 0 Å². The molecular weight excluding hydrogens is 237 g/mol. The molecule has 15 heavy (non-hydrogen) atoms. The number of esters is 1. The molecule has 1 unspecified atom stereocenters. The highest BCUT2D eigenvalue weighted by Crippen LogP contribution is 2.16. The highest BCUT2D eigenvalue weighted by Gasteiger charge is 2.15. The van der Waals surface area contributed by atoms with Gasteiger partial charge in [-0.05, 0) is 18.1 Å². The highest BCUT2D eigenvalue weighted by atomic mass is 35.5. The van der Waals surface area contributed by atoms with Crippen molar-refractivity contribution in [1.29, 1.82) is 0 Å². The van der Waals surface area contributed by atoms with Gasteiger partial charge < -0.3 is 10.5 Å². The van der Waals surface area contributed by atoms with Crippen LogP contribution in [0.1, 0.15) is 5.56 Å². The Hall–Kier alpha value is -0.770. The van der Waals surface area contributed by atoms with Gasteiger partial charge in [-0.15, -0.1) is 12.4 Å². The minimum absolute atomic E-state index is 0. The van der Waals surface area contributed by atoms with Gasteiger partial charge in [0.15, 0.2) is 0 Å². The van der Waals surface area contributed by atoms with Gasteiger partial charge in [0.25, 0.3) is 0 Å². The molecule has 84 valence electrons. The van der Waals surface area contributed by atoms with Crippen molar-refractivity contribution in [3.8, 4) is 0 Å². The molecule has 1 aromatic rings. The zero-order valence-electron chi connectivity index (χ0n) is 8.27. The van der Waals surface area contributed by atoms with Crippen LogP contribution in [0.2, 0.25) is 5.02 Å². The molecule has 1 atom stereocenters. The first-order valence-corrected chi connectivity index (χ1v) is 4.59. The van der Waals surface area contributed by atoms with Crippen LogP contribution < -0.4 is 5.73 Å². The Bertz CT molecular complexity index is 331. The van der Waals surface area contributed by atoms with E-state index in [1.165, 1.54) is 7.11 Å². The predicted octanol–water partition coefficient (Wildman–Crippen LogP) is 1.80. The van der Waals surface area contributed by atoms with Gasteiger partial charge in [-0.1, -0.05) is 29.8 Å². The molecule has 0 radical (unpaired) electrons. The Morgan fingerprint density at radius 2 is 2.13 bits per heavy atom. The molecule has 0 heterocycles. The minimum atomic E-state index is -0.653. The standard InChI is InChI=1S/C10H12ClNO2.ClH/c1-14-10(13)9(12)6-7-4-2-3-5-8(7)11;/h2-5,9H,6,12H2,1H3;1H. The predicted molar refractivity (Wildman–Crippen MR) is 62.4 cm³/mol. The Labute approximate surface area is 100.0 Å². The van der Waals surface area contributed by atoms with E-state index in [1.54, 1.807) is 6.07 Å². The first kappa shape index (κ1) is 14.2. The van der Waals surface area contributed by atoms with Gasteiger partial charge >= 0.3 is 5.97 Å². The van der Waals surface area contributed by atoms with Crippen molar-refractivity contribution in [2.24, 2.45) is 5.73 Å². The van der Waals surface area contributed by atoms with Crippen LogP contribution in [0.3, 0.4) is 0 Å². The van der Waals surface area contributed by atoms with E-state index in [2.05, 4.69) is 4.74 Å². The summed E-state index contributed by atoms with van der Waals surface area (Å²) in [5.74, 6) is -0.426. The van der Waals surface area contributed by atoms with E-state index >= 15 is 0 Å². The lowest BCUT2D eigenvalue weighted by Gasteiger charge is -2.09. The topological polar surface area (TPSA) is 52.3 Å². The van der Waals surface area contributed by atoms with Gasteiger partial charge in [0.2, 0.25) is 0 Å².